The van der Waals surface area contributed by atoms with E-state index in [1.165, 1.54) is 0 Å². The molecule has 2 fully saturated rings. The Bertz CT molecular complexity index is 357. The molecule has 1 saturated carbocycles. The zero-order valence-corrected chi connectivity index (χ0v) is 11.1. The fourth-order valence-electron chi connectivity index (χ4n) is 2.65. The minimum absolute atomic E-state index is 0.150. The summed E-state index contributed by atoms with van der Waals surface area (Å²) in [6.45, 7) is 8.31. The first-order valence-electron chi connectivity index (χ1n) is 6.51. The molecule has 0 spiro atoms. The highest BCUT2D eigenvalue weighted by atomic mass is 16.2. The number of nitrogens with zero attached hydrogens (tertiary/aromatic N) is 2. The Morgan fingerprint density at radius 3 is 2.53 bits per heavy atom. The molecule has 1 unspecified atom stereocenters. The molecule has 3 heteroatoms. The molecule has 1 saturated heterocycles. The van der Waals surface area contributed by atoms with Crippen LogP contribution in [-0.2, 0) is 4.79 Å². The van der Waals surface area contributed by atoms with Crippen LogP contribution in [0.3, 0.4) is 0 Å². The maximum absolute atomic E-state index is 12.0. The highest BCUT2D eigenvalue weighted by molar-refractivity contribution is 5.78. The zero-order chi connectivity index (χ0) is 12.7. The van der Waals surface area contributed by atoms with Crippen molar-refractivity contribution in [2.45, 2.75) is 46.5 Å². The third-order valence-electron chi connectivity index (χ3n) is 4.38. The lowest BCUT2D eigenvalue weighted by molar-refractivity contribution is -0.128. The SMILES string of the molecule is CC(C)(C)C1CC(=O)N(CC2(CC#N)CC2)C1. The molecule has 2 rings (SSSR count). The van der Waals surface area contributed by atoms with E-state index in [9.17, 15) is 4.79 Å². The smallest absolute Gasteiger partial charge is 0.222 e. The summed E-state index contributed by atoms with van der Waals surface area (Å²) in [5.41, 5.74) is 0.355. The Morgan fingerprint density at radius 1 is 1.47 bits per heavy atom. The highest BCUT2D eigenvalue weighted by Crippen LogP contribution is 2.50. The van der Waals surface area contributed by atoms with Crippen molar-refractivity contribution in [3.8, 4) is 6.07 Å². The van der Waals surface area contributed by atoms with Crippen LogP contribution in [0.5, 0.6) is 0 Å². The molecule has 0 N–H and O–H groups in total. The number of amides is 1. The van der Waals surface area contributed by atoms with E-state index < -0.39 is 0 Å². The van der Waals surface area contributed by atoms with E-state index in [1.54, 1.807) is 0 Å². The van der Waals surface area contributed by atoms with E-state index in [0.29, 0.717) is 18.8 Å². The number of nitriles is 1. The first kappa shape index (κ1) is 12.4. The summed E-state index contributed by atoms with van der Waals surface area (Å²) in [7, 11) is 0. The van der Waals surface area contributed by atoms with E-state index >= 15 is 0 Å². The van der Waals surface area contributed by atoms with Gasteiger partial charge in [0.1, 0.15) is 0 Å². The van der Waals surface area contributed by atoms with Gasteiger partial charge in [-0.3, -0.25) is 4.79 Å². The van der Waals surface area contributed by atoms with Crippen molar-refractivity contribution in [3.05, 3.63) is 0 Å². The molecule has 3 nitrogen and oxygen atoms in total. The van der Waals surface area contributed by atoms with Gasteiger partial charge >= 0.3 is 0 Å². The van der Waals surface area contributed by atoms with Gasteiger partial charge in [0, 0.05) is 31.3 Å². The van der Waals surface area contributed by atoms with Crippen LogP contribution < -0.4 is 0 Å². The number of carbonyl (C=O) groups excluding carboxylic acids is 1. The van der Waals surface area contributed by atoms with Crippen molar-refractivity contribution in [1.29, 1.82) is 5.26 Å². The van der Waals surface area contributed by atoms with Crippen LogP contribution in [0.1, 0.15) is 46.5 Å². The van der Waals surface area contributed by atoms with E-state index in [4.69, 9.17) is 5.26 Å². The van der Waals surface area contributed by atoms with Gasteiger partial charge in [0.05, 0.1) is 6.07 Å². The standard InChI is InChI=1S/C14H22N2O/c1-13(2,3)11-8-12(17)16(9-11)10-14(4-5-14)6-7-15/h11H,4-6,8-10H2,1-3H3. The first-order valence-corrected chi connectivity index (χ1v) is 6.51. The van der Waals surface area contributed by atoms with Gasteiger partial charge in [-0.2, -0.15) is 5.26 Å². The first-order chi connectivity index (χ1) is 7.86. The summed E-state index contributed by atoms with van der Waals surface area (Å²) >= 11 is 0. The van der Waals surface area contributed by atoms with Gasteiger partial charge < -0.3 is 4.90 Å². The van der Waals surface area contributed by atoms with Crippen molar-refractivity contribution in [2.24, 2.45) is 16.7 Å². The molecule has 1 amide bonds. The van der Waals surface area contributed by atoms with Crippen molar-refractivity contribution in [1.82, 2.24) is 4.90 Å². The van der Waals surface area contributed by atoms with Gasteiger partial charge in [-0.1, -0.05) is 20.8 Å². The van der Waals surface area contributed by atoms with E-state index in [-0.39, 0.29) is 16.7 Å². The molecule has 0 aromatic carbocycles. The monoisotopic (exact) mass is 234 g/mol. The Hall–Kier alpha value is -1.04. The van der Waals surface area contributed by atoms with Gasteiger partial charge in [0.2, 0.25) is 5.91 Å². The maximum Gasteiger partial charge on any atom is 0.222 e. The number of likely N-dealkylation sites (tertiary alicyclic amines) is 1. The van der Waals surface area contributed by atoms with Crippen LogP contribution in [0.25, 0.3) is 0 Å². The normalized spacial score (nSPS) is 27.1. The third kappa shape index (κ3) is 2.62. The molecule has 0 aromatic rings. The summed E-state index contributed by atoms with van der Waals surface area (Å²) in [5, 5.41) is 8.81. The largest absolute Gasteiger partial charge is 0.342 e. The third-order valence-corrected chi connectivity index (χ3v) is 4.38. The maximum atomic E-state index is 12.0. The lowest BCUT2D eigenvalue weighted by atomic mass is 9.80. The fraction of sp³-hybridized carbons (Fsp3) is 0.857. The molecule has 1 heterocycles. The fourth-order valence-corrected chi connectivity index (χ4v) is 2.65. The van der Waals surface area contributed by atoms with Crippen molar-refractivity contribution in [3.63, 3.8) is 0 Å². The van der Waals surface area contributed by atoms with Crippen LogP contribution in [-0.4, -0.2) is 23.9 Å². The second-order valence-electron chi connectivity index (χ2n) is 6.88. The topological polar surface area (TPSA) is 44.1 Å². The van der Waals surface area contributed by atoms with Crippen molar-refractivity contribution >= 4 is 5.91 Å². The Kier molecular flexibility index (Phi) is 2.93. The molecule has 1 aliphatic heterocycles. The Morgan fingerprint density at radius 2 is 2.12 bits per heavy atom. The number of carbonyl (C=O) groups is 1. The lowest BCUT2D eigenvalue weighted by Gasteiger charge is -2.27. The lowest BCUT2D eigenvalue weighted by Crippen LogP contribution is -2.33. The Balaban J connectivity index is 1.96. The van der Waals surface area contributed by atoms with Gasteiger partial charge in [-0.05, 0) is 24.2 Å². The number of hydrogen-bond donors (Lipinski definition) is 0. The molecule has 0 radical (unpaired) electrons. The quantitative estimate of drug-likeness (QED) is 0.753. The predicted octanol–water partition coefficient (Wildman–Crippen LogP) is 2.57. The molecule has 0 aromatic heterocycles. The van der Waals surface area contributed by atoms with Crippen LogP contribution in [0.2, 0.25) is 0 Å². The van der Waals surface area contributed by atoms with Crippen molar-refractivity contribution < 1.29 is 4.79 Å². The summed E-state index contributed by atoms with van der Waals surface area (Å²) in [6, 6.07) is 2.26. The average Bonchev–Trinajstić information content (AvgIpc) is 2.84. The molecular weight excluding hydrogens is 212 g/mol. The minimum atomic E-state index is 0.150. The molecular formula is C14H22N2O. The van der Waals surface area contributed by atoms with Crippen LogP contribution >= 0.6 is 0 Å². The van der Waals surface area contributed by atoms with Crippen LogP contribution in [0.15, 0.2) is 0 Å². The van der Waals surface area contributed by atoms with Gasteiger partial charge in [0.15, 0.2) is 0 Å². The van der Waals surface area contributed by atoms with Gasteiger partial charge in [-0.25, -0.2) is 0 Å². The van der Waals surface area contributed by atoms with E-state index in [0.717, 1.165) is 25.9 Å². The molecule has 1 atom stereocenters. The second-order valence-corrected chi connectivity index (χ2v) is 6.88. The summed E-state index contributed by atoms with van der Waals surface area (Å²) in [6.07, 6.45) is 3.53. The van der Waals surface area contributed by atoms with Gasteiger partial charge in [0.25, 0.3) is 0 Å². The number of rotatable bonds is 3. The highest BCUT2D eigenvalue weighted by Gasteiger charge is 2.47. The molecule has 0 bridgehead atoms. The van der Waals surface area contributed by atoms with Crippen LogP contribution in [0.4, 0.5) is 0 Å². The summed E-state index contributed by atoms with van der Waals surface area (Å²) in [4.78, 5) is 14.0. The molecule has 17 heavy (non-hydrogen) atoms. The zero-order valence-electron chi connectivity index (χ0n) is 11.1. The number of hydrogen-bond acceptors (Lipinski definition) is 2. The summed E-state index contributed by atoms with van der Waals surface area (Å²) < 4.78 is 0. The Labute approximate surface area is 104 Å². The van der Waals surface area contributed by atoms with Crippen molar-refractivity contribution in [2.75, 3.05) is 13.1 Å². The minimum Gasteiger partial charge on any atom is -0.342 e. The van der Waals surface area contributed by atoms with E-state index in [2.05, 4.69) is 26.8 Å². The van der Waals surface area contributed by atoms with Gasteiger partial charge in [-0.15, -0.1) is 0 Å². The molecule has 2 aliphatic rings. The average molecular weight is 234 g/mol. The van der Waals surface area contributed by atoms with E-state index in [1.807, 2.05) is 4.90 Å². The summed E-state index contributed by atoms with van der Waals surface area (Å²) in [5.74, 6) is 0.752. The second kappa shape index (κ2) is 4.01. The van der Waals surface area contributed by atoms with Crippen LogP contribution in [0, 0.1) is 28.1 Å². The predicted molar refractivity (Wildman–Crippen MR) is 66.0 cm³/mol. The molecule has 1 aliphatic carbocycles. The molecule has 94 valence electrons.